The van der Waals surface area contributed by atoms with Crippen LogP contribution in [-0.2, 0) is 14.1 Å². The zero-order chi connectivity index (χ0) is 19.1. The van der Waals surface area contributed by atoms with E-state index < -0.39 is 17.2 Å². The summed E-state index contributed by atoms with van der Waals surface area (Å²) >= 11 is 2.88. The lowest BCUT2D eigenvalue weighted by Gasteiger charge is -2.08. The van der Waals surface area contributed by atoms with Crippen LogP contribution in [0, 0.1) is 0 Å². The molecule has 4 heterocycles. The smallest absolute Gasteiger partial charge is 0.296 e. The van der Waals surface area contributed by atoms with Crippen LogP contribution in [0.5, 0.6) is 0 Å². The van der Waals surface area contributed by atoms with Crippen molar-refractivity contribution in [3.8, 4) is 10.6 Å². The van der Waals surface area contributed by atoms with Gasteiger partial charge in [0.05, 0.1) is 16.0 Å². The number of thiazole rings is 1. The maximum absolute atomic E-state index is 12.5. The van der Waals surface area contributed by atoms with Gasteiger partial charge in [-0.3, -0.25) is 24.0 Å². The number of anilines is 1. The minimum absolute atomic E-state index is 0.0960. The Hall–Kier alpha value is -3.11. The fraction of sp³-hybridized carbons (Fsp3) is 0.118. The molecule has 8 nitrogen and oxygen atoms in total. The van der Waals surface area contributed by atoms with Crippen molar-refractivity contribution in [3.05, 3.63) is 61.6 Å². The second-order valence-corrected chi connectivity index (χ2v) is 7.55. The summed E-state index contributed by atoms with van der Waals surface area (Å²) in [5, 5.41) is 7.24. The number of aromatic nitrogens is 4. The molecule has 0 aliphatic rings. The van der Waals surface area contributed by atoms with Gasteiger partial charge in [-0.2, -0.15) is 0 Å². The SMILES string of the molecule is Cn1c(=O)c2ccc(C(=O)Nc3nc(-c4cccs4)cs3)nc2n(C)c1=O. The summed E-state index contributed by atoms with van der Waals surface area (Å²) < 4.78 is 2.25. The third kappa shape index (κ3) is 2.98. The van der Waals surface area contributed by atoms with Crippen LogP contribution in [0.3, 0.4) is 0 Å². The van der Waals surface area contributed by atoms with Gasteiger partial charge in [-0.1, -0.05) is 6.07 Å². The van der Waals surface area contributed by atoms with E-state index in [1.54, 1.807) is 11.3 Å². The third-order valence-electron chi connectivity index (χ3n) is 4.03. The molecule has 0 aliphatic carbocycles. The van der Waals surface area contributed by atoms with Crippen molar-refractivity contribution in [2.75, 3.05) is 5.32 Å². The number of aryl methyl sites for hydroxylation is 1. The summed E-state index contributed by atoms with van der Waals surface area (Å²) in [4.78, 5) is 46.4. The van der Waals surface area contributed by atoms with Gasteiger partial charge in [0.1, 0.15) is 11.3 Å². The summed E-state index contributed by atoms with van der Waals surface area (Å²) in [6.45, 7) is 0. The molecule has 0 aromatic carbocycles. The van der Waals surface area contributed by atoms with Gasteiger partial charge in [0.15, 0.2) is 5.13 Å². The number of amides is 1. The lowest BCUT2D eigenvalue weighted by molar-refractivity contribution is 0.102. The minimum atomic E-state index is -0.502. The van der Waals surface area contributed by atoms with Crippen LogP contribution in [0.25, 0.3) is 21.6 Å². The van der Waals surface area contributed by atoms with E-state index >= 15 is 0 Å². The maximum Gasteiger partial charge on any atom is 0.332 e. The molecule has 0 spiro atoms. The minimum Gasteiger partial charge on any atom is -0.296 e. The highest BCUT2D eigenvalue weighted by atomic mass is 32.1. The van der Waals surface area contributed by atoms with Crippen LogP contribution in [0.4, 0.5) is 5.13 Å². The molecule has 0 aliphatic heterocycles. The van der Waals surface area contributed by atoms with Crippen LogP contribution in [0.2, 0.25) is 0 Å². The summed E-state index contributed by atoms with van der Waals surface area (Å²) in [5.74, 6) is -0.461. The molecule has 27 heavy (non-hydrogen) atoms. The highest BCUT2D eigenvalue weighted by molar-refractivity contribution is 7.16. The molecule has 0 atom stereocenters. The Labute approximate surface area is 160 Å². The van der Waals surface area contributed by atoms with E-state index in [9.17, 15) is 14.4 Å². The third-order valence-corrected chi connectivity index (χ3v) is 5.68. The Morgan fingerprint density at radius 1 is 1.07 bits per heavy atom. The number of thiophene rings is 1. The number of hydrogen-bond acceptors (Lipinski definition) is 7. The van der Waals surface area contributed by atoms with Gasteiger partial charge in [-0.15, -0.1) is 22.7 Å². The van der Waals surface area contributed by atoms with E-state index in [0.29, 0.717) is 5.13 Å². The Kier molecular flexibility index (Phi) is 4.21. The number of carbonyl (C=O) groups excluding carboxylic acids is 1. The van der Waals surface area contributed by atoms with E-state index in [-0.39, 0.29) is 16.7 Å². The second-order valence-electron chi connectivity index (χ2n) is 5.74. The Bertz CT molecular complexity index is 1280. The van der Waals surface area contributed by atoms with E-state index in [1.807, 2.05) is 22.9 Å². The fourth-order valence-corrected chi connectivity index (χ4v) is 4.08. The predicted octanol–water partition coefficient (Wildman–Crippen LogP) is 2.07. The normalized spacial score (nSPS) is 11.0. The highest BCUT2D eigenvalue weighted by Crippen LogP contribution is 2.28. The molecular formula is C17H13N5O3S2. The predicted molar refractivity (Wildman–Crippen MR) is 106 cm³/mol. The molecule has 0 fully saturated rings. The molecule has 4 aromatic rings. The van der Waals surface area contributed by atoms with E-state index in [0.717, 1.165) is 15.1 Å². The van der Waals surface area contributed by atoms with Crippen molar-refractivity contribution in [1.82, 2.24) is 19.1 Å². The Morgan fingerprint density at radius 2 is 1.89 bits per heavy atom. The van der Waals surface area contributed by atoms with Gasteiger partial charge >= 0.3 is 5.69 Å². The quantitative estimate of drug-likeness (QED) is 0.569. The van der Waals surface area contributed by atoms with Crippen LogP contribution in [-0.4, -0.2) is 25.0 Å². The average Bonchev–Trinajstić information content (AvgIpc) is 3.35. The summed E-state index contributed by atoms with van der Waals surface area (Å²) in [5.41, 5.74) is 0.0987. The van der Waals surface area contributed by atoms with Gasteiger partial charge in [-0.05, 0) is 23.6 Å². The largest absolute Gasteiger partial charge is 0.332 e. The first-order chi connectivity index (χ1) is 13.0. The Balaban J connectivity index is 1.67. The highest BCUT2D eigenvalue weighted by Gasteiger charge is 2.15. The number of nitrogens with zero attached hydrogens (tertiary/aromatic N) is 4. The van der Waals surface area contributed by atoms with Crippen molar-refractivity contribution in [3.63, 3.8) is 0 Å². The van der Waals surface area contributed by atoms with Crippen LogP contribution in [0.1, 0.15) is 10.5 Å². The lowest BCUT2D eigenvalue weighted by Crippen LogP contribution is -2.37. The van der Waals surface area contributed by atoms with E-state index in [2.05, 4.69) is 15.3 Å². The number of rotatable bonds is 3. The first-order valence-corrected chi connectivity index (χ1v) is 9.59. The molecule has 4 rings (SSSR count). The molecule has 4 aromatic heterocycles. The van der Waals surface area contributed by atoms with E-state index in [1.165, 1.54) is 42.1 Å². The summed E-state index contributed by atoms with van der Waals surface area (Å²) in [6.07, 6.45) is 0. The van der Waals surface area contributed by atoms with Gasteiger partial charge in [0.25, 0.3) is 11.5 Å². The number of fused-ring (bicyclic) bond motifs is 1. The molecule has 0 radical (unpaired) electrons. The van der Waals surface area contributed by atoms with Crippen molar-refractivity contribution < 1.29 is 4.79 Å². The summed E-state index contributed by atoms with van der Waals surface area (Å²) in [6, 6.07) is 6.84. The molecule has 0 saturated carbocycles. The zero-order valence-electron chi connectivity index (χ0n) is 14.3. The Morgan fingerprint density at radius 3 is 2.63 bits per heavy atom. The van der Waals surface area contributed by atoms with E-state index in [4.69, 9.17) is 0 Å². The molecule has 0 bridgehead atoms. The standard InChI is InChI=1S/C17H13N5O3S2/c1-21-13-9(15(24)22(2)17(21)25)5-6-10(18-13)14(23)20-16-19-11(8-27-16)12-4-3-7-26-12/h3-8H,1-2H3,(H,19,20,23). The van der Waals surface area contributed by atoms with Crippen molar-refractivity contribution in [2.24, 2.45) is 14.1 Å². The first-order valence-electron chi connectivity index (χ1n) is 7.83. The molecule has 0 saturated heterocycles. The topological polar surface area (TPSA) is 98.9 Å². The molecule has 0 unspecified atom stereocenters. The molecule has 1 N–H and O–H groups in total. The van der Waals surface area contributed by atoms with Gasteiger partial charge in [-0.25, -0.2) is 14.8 Å². The van der Waals surface area contributed by atoms with Crippen LogP contribution >= 0.6 is 22.7 Å². The molecule has 10 heteroatoms. The fourth-order valence-electron chi connectivity index (χ4n) is 2.61. The van der Waals surface area contributed by atoms with Crippen LogP contribution in [0.15, 0.2) is 44.6 Å². The zero-order valence-corrected chi connectivity index (χ0v) is 15.9. The van der Waals surface area contributed by atoms with Crippen molar-refractivity contribution >= 4 is 44.7 Å². The van der Waals surface area contributed by atoms with Gasteiger partial charge in [0, 0.05) is 19.5 Å². The number of hydrogen-bond donors (Lipinski definition) is 1. The van der Waals surface area contributed by atoms with Crippen molar-refractivity contribution in [2.45, 2.75) is 0 Å². The average molecular weight is 399 g/mol. The van der Waals surface area contributed by atoms with Crippen LogP contribution < -0.4 is 16.6 Å². The molecule has 1 amide bonds. The first kappa shape index (κ1) is 17.3. The molecular weight excluding hydrogens is 386 g/mol. The summed E-state index contributed by atoms with van der Waals surface area (Å²) in [7, 11) is 2.91. The number of nitrogens with one attached hydrogen (secondary N) is 1. The number of pyridine rings is 1. The second kappa shape index (κ2) is 6.56. The molecule has 136 valence electrons. The number of carbonyl (C=O) groups is 1. The maximum atomic E-state index is 12.5. The van der Waals surface area contributed by atoms with Gasteiger partial charge in [0.2, 0.25) is 0 Å². The monoisotopic (exact) mass is 399 g/mol. The lowest BCUT2D eigenvalue weighted by atomic mass is 10.2. The van der Waals surface area contributed by atoms with Crippen molar-refractivity contribution in [1.29, 1.82) is 0 Å². The van der Waals surface area contributed by atoms with Gasteiger partial charge < -0.3 is 0 Å².